The van der Waals surface area contributed by atoms with Crippen molar-refractivity contribution < 1.29 is 14.6 Å². The van der Waals surface area contributed by atoms with Gasteiger partial charge in [-0.2, -0.15) is 0 Å². The highest BCUT2D eigenvalue weighted by molar-refractivity contribution is 7.09. The van der Waals surface area contributed by atoms with E-state index in [2.05, 4.69) is 4.98 Å². The Hall–Kier alpha value is -0.940. The Morgan fingerprint density at radius 1 is 1.65 bits per heavy atom. The number of carboxylic acid groups (broad SMARTS) is 1. The lowest BCUT2D eigenvalue weighted by Crippen LogP contribution is -2.14. The number of carboxylic acids is 1. The minimum absolute atomic E-state index is 0.00246. The molecule has 17 heavy (non-hydrogen) atoms. The van der Waals surface area contributed by atoms with Crippen molar-refractivity contribution in [2.45, 2.75) is 38.0 Å². The third-order valence-electron chi connectivity index (χ3n) is 3.10. The van der Waals surface area contributed by atoms with Gasteiger partial charge in [-0.25, -0.2) is 4.98 Å². The monoisotopic (exact) mass is 255 g/mol. The van der Waals surface area contributed by atoms with Crippen molar-refractivity contribution in [3.8, 4) is 0 Å². The first kappa shape index (κ1) is 12.5. The summed E-state index contributed by atoms with van der Waals surface area (Å²) in [5.41, 5.74) is 0.916. The van der Waals surface area contributed by atoms with E-state index in [0.29, 0.717) is 5.92 Å². The molecular formula is C12H17NO3S. The molecule has 0 amide bonds. The van der Waals surface area contributed by atoms with Gasteiger partial charge in [0, 0.05) is 30.4 Å². The molecule has 1 unspecified atom stereocenters. The standard InChI is InChI=1S/C12H17NO3S/c1-8(6-11(14)15)10-7-17-12(13-10)9-2-4-16-5-3-9/h7-9H,2-6H2,1H3,(H,14,15). The summed E-state index contributed by atoms with van der Waals surface area (Å²) < 4.78 is 5.33. The molecule has 94 valence electrons. The van der Waals surface area contributed by atoms with Gasteiger partial charge in [-0.15, -0.1) is 11.3 Å². The van der Waals surface area contributed by atoms with Crippen molar-refractivity contribution in [3.63, 3.8) is 0 Å². The van der Waals surface area contributed by atoms with Crippen molar-refractivity contribution in [2.75, 3.05) is 13.2 Å². The lowest BCUT2D eigenvalue weighted by atomic mass is 10.0. The molecular weight excluding hydrogens is 238 g/mol. The van der Waals surface area contributed by atoms with Crippen molar-refractivity contribution in [1.82, 2.24) is 4.98 Å². The molecule has 0 aliphatic carbocycles. The van der Waals surface area contributed by atoms with E-state index >= 15 is 0 Å². The Morgan fingerprint density at radius 2 is 2.35 bits per heavy atom. The lowest BCUT2D eigenvalue weighted by molar-refractivity contribution is -0.137. The van der Waals surface area contributed by atoms with Gasteiger partial charge in [-0.05, 0) is 12.8 Å². The molecule has 1 aromatic rings. The largest absolute Gasteiger partial charge is 0.481 e. The average Bonchev–Trinajstić information content (AvgIpc) is 2.78. The number of ether oxygens (including phenoxy) is 1. The maximum absolute atomic E-state index is 10.7. The average molecular weight is 255 g/mol. The van der Waals surface area contributed by atoms with Gasteiger partial charge in [0.15, 0.2) is 0 Å². The molecule has 1 aromatic heterocycles. The summed E-state index contributed by atoms with van der Waals surface area (Å²) in [6.07, 6.45) is 2.21. The number of aliphatic carboxylic acids is 1. The predicted molar refractivity (Wildman–Crippen MR) is 65.6 cm³/mol. The third-order valence-corrected chi connectivity index (χ3v) is 4.12. The van der Waals surface area contributed by atoms with E-state index in [4.69, 9.17) is 9.84 Å². The van der Waals surface area contributed by atoms with Crippen LogP contribution in [0.15, 0.2) is 5.38 Å². The molecule has 5 heteroatoms. The van der Waals surface area contributed by atoms with Crippen LogP contribution in [-0.4, -0.2) is 29.3 Å². The van der Waals surface area contributed by atoms with E-state index in [1.54, 1.807) is 11.3 Å². The fraction of sp³-hybridized carbons (Fsp3) is 0.667. The molecule has 1 fully saturated rings. The van der Waals surface area contributed by atoms with Crippen LogP contribution in [0.2, 0.25) is 0 Å². The summed E-state index contributed by atoms with van der Waals surface area (Å²) in [5, 5.41) is 11.9. The smallest absolute Gasteiger partial charge is 0.304 e. The van der Waals surface area contributed by atoms with Gasteiger partial charge >= 0.3 is 5.97 Å². The number of carbonyl (C=O) groups is 1. The maximum atomic E-state index is 10.7. The highest BCUT2D eigenvalue weighted by atomic mass is 32.1. The van der Waals surface area contributed by atoms with E-state index in [0.717, 1.165) is 36.8 Å². The zero-order valence-corrected chi connectivity index (χ0v) is 10.7. The number of hydrogen-bond acceptors (Lipinski definition) is 4. The van der Waals surface area contributed by atoms with Gasteiger partial charge < -0.3 is 9.84 Å². The normalized spacial score (nSPS) is 19.1. The van der Waals surface area contributed by atoms with Gasteiger partial charge in [0.25, 0.3) is 0 Å². The number of thiazole rings is 1. The quantitative estimate of drug-likeness (QED) is 0.898. The molecule has 2 heterocycles. The summed E-state index contributed by atoms with van der Waals surface area (Å²) in [6, 6.07) is 0. The maximum Gasteiger partial charge on any atom is 0.304 e. The van der Waals surface area contributed by atoms with Crippen LogP contribution in [-0.2, 0) is 9.53 Å². The second kappa shape index (κ2) is 5.60. The molecule has 1 aliphatic rings. The fourth-order valence-corrected chi connectivity index (χ4v) is 3.14. The number of aromatic nitrogens is 1. The molecule has 0 radical (unpaired) electrons. The first-order chi connectivity index (χ1) is 8.16. The molecule has 0 aromatic carbocycles. The first-order valence-electron chi connectivity index (χ1n) is 5.91. The Bertz CT molecular complexity index is 385. The van der Waals surface area contributed by atoms with Crippen LogP contribution in [0.4, 0.5) is 0 Å². The molecule has 1 N–H and O–H groups in total. The zero-order chi connectivity index (χ0) is 12.3. The van der Waals surface area contributed by atoms with Crippen LogP contribution in [0, 0.1) is 0 Å². The summed E-state index contributed by atoms with van der Waals surface area (Å²) >= 11 is 1.65. The van der Waals surface area contributed by atoms with Crippen LogP contribution in [0.5, 0.6) is 0 Å². The Labute approximate surface area is 105 Å². The van der Waals surface area contributed by atoms with Gasteiger partial charge in [0.2, 0.25) is 0 Å². The Morgan fingerprint density at radius 3 is 3.00 bits per heavy atom. The van der Waals surface area contributed by atoms with Crippen molar-refractivity contribution in [2.24, 2.45) is 0 Å². The minimum atomic E-state index is -0.766. The summed E-state index contributed by atoms with van der Waals surface area (Å²) in [4.78, 5) is 15.2. The van der Waals surface area contributed by atoms with E-state index in [9.17, 15) is 4.79 Å². The second-order valence-electron chi connectivity index (χ2n) is 4.50. The molecule has 4 nitrogen and oxygen atoms in total. The topological polar surface area (TPSA) is 59.4 Å². The molecule has 0 bridgehead atoms. The van der Waals surface area contributed by atoms with Crippen molar-refractivity contribution >= 4 is 17.3 Å². The fourth-order valence-electron chi connectivity index (χ4n) is 2.03. The molecule has 1 aliphatic heterocycles. The van der Waals surface area contributed by atoms with Crippen LogP contribution >= 0.6 is 11.3 Å². The molecule has 1 atom stereocenters. The third kappa shape index (κ3) is 3.26. The lowest BCUT2D eigenvalue weighted by Gasteiger charge is -2.19. The highest BCUT2D eigenvalue weighted by Crippen LogP contribution is 2.31. The van der Waals surface area contributed by atoms with E-state index in [1.165, 1.54) is 0 Å². The number of rotatable bonds is 4. The minimum Gasteiger partial charge on any atom is -0.481 e. The highest BCUT2D eigenvalue weighted by Gasteiger charge is 2.21. The zero-order valence-electron chi connectivity index (χ0n) is 9.89. The van der Waals surface area contributed by atoms with E-state index in [-0.39, 0.29) is 12.3 Å². The second-order valence-corrected chi connectivity index (χ2v) is 5.39. The van der Waals surface area contributed by atoms with Crippen LogP contribution in [0.3, 0.4) is 0 Å². The summed E-state index contributed by atoms with van der Waals surface area (Å²) in [7, 11) is 0. The van der Waals surface area contributed by atoms with Gasteiger partial charge in [0.1, 0.15) is 0 Å². The summed E-state index contributed by atoms with van der Waals surface area (Å²) in [5.74, 6) is -0.269. The molecule has 0 spiro atoms. The van der Waals surface area contributed by atoms with Crippen molar-refractivity contribution in [1.29, 1.82) is 0 Å². The van der Waals surface area contributed by atoms with Gasteiger partial charge in [-0.1, -0.05) is 6.92 Å². The van der Waals surface area contributed by atoms with E-state index < -0.39 is 5.97 Å². The van der Waals surface area contributed by atoms with Gasteiger partial charge in [0.05, 0.1) is 17.1 Å². The van der Waals surface area contributed by atoms with Crippen LogP contribution in [0.25, 0.3) is 0 Å². The SMILES string of the molecule is CC(CC(=O)O)c1csc(C2CCOCC2)n1. The Balaban J connectivity index is 2.01. The number of nitrogens with zero attached hydrogens (tertiary/aromatic N) is 1. The van der Waals surface area contributed by atoms with Gasteiger partial charge in [-0.3, -0.25) is 4.79 Å². The van der Waals surface area contributed by atoms with Crippen molar-refractivity contribution in [3.05, 3.63) is 16.1 Å². The number of hydrogen-bond donors (Lipinski definition) is 1. The van der Waals surface area contributed by atoms with Crippen LogP contribution < -0.4 is 0 Å². The molecule has 1 saturated heterocycles. The first-order valence-corrected chi connectivity index (χ1v) is 6.79. The Kier molecular flexibility index (Phi) is 4.12. The van der Waals surface area contributed by atoms with E-state index in [1.807, 2.05) is 12.3 Å². The summed E-state index contributed by atoms with van der Waals surface area (Å²) in [6.45, 7) is 3.53. The molecule has 0 saturated carbocycles. The van der Waals surface area contributed by atoms with Crippen LogP contribution in [0.1, 0.15) is 48.7 Å². The predicted octanol–water partition coefficient (Wildman–Crippen LogP) is 2.62. The molecule has 2 rings (SSSR count).